The van der Waals surface area contributed by atoms with Crippen LogP contribution in [-0.4, -0.2) is 40.3 Å². The molecule has 1 aliphatic heterocycles. The van der Waals surface area contributed by atoms with Gasteiger partial charge < -0.3 is 14.7 Å². The molecular weight excluding hydrogens is 404 g/mol. The van der Waals surface area contributed by atoms with Crippen LogP contribution < -0.4 is 4.74 Å². The van der Waals surface area contributed by atoms with Crippen molar-refractivity contribution in [2.75, 3.05) is 0 Å². The van der Waals surface area contributed by atoms with Gasteiger partial charge in [-0.05, 0) is 31.1 Å². The number of carboxylic acids is 1. The molecule has 0 saturated heterocycles. The van der Waals surface area contributed by atoms with Gasteiger partial charge in [0.2, 0.25) is 0 Å². The topological polar surface area (TPSA) is 83.9 Å². The van der Waals surface area contributed by atoms with Crippen molar-refractivity contribution >= 4 is 40.6 Å². The Morgan fingerprint density at radius 3 is 2.78 bits per heavy atom. The highest BCUT2D eigenvalue weighted by atomic mass is 35.5. The van der Waals surface area contributed by atoms with E-state index < -0.39 is 24.5 Å². The van der Waals surface area contributed by atoms with Gasteiger partial charge in [-0.2, -0.15) is 8.78 Å². The number of aliphatic carboxylic acids is 1. The van der Waals surface area contributed by atoms with Crippen LogP contribution >= 0.6 is 22.9 Å². The Bertz CT molecular complexity index is 892. The van der Waals surface area contributed by atoms with Crippen LogP contribution in [0.3, 0.4) is 0 Å². The van der Waals surface area contributed by atoms with Crippen LogP contribution in [0.2, 0.25) is 0 Å². The SMILES string of the molecule is CC1=C(CC(=O)O)C2=C(Cl)C(=O)CCC2N1C(=O)c1ccc(OC(F)F)s1. The summed E-state index contributed by atoms with van der Waals surface area (Å²) in [5.41, 5.74) is 1.08. The van der Waals surface area contributed by atoms with Gasteiger partial charge in [0.1, 0.15) is 0 Å². The first-order chi connectivity index (χ1) is 12.7. The third-order valence-corrected chi connectivity index (χ3v) is 5.82. The minimum atomic E-state index is -3.00. The molecule has 0 aromatic carbocycles. The number of allylic oxidation sites excluding steroid dienone is 2. The van der Waals surface area contributed by atoms with Crippen molar-refractivity contribution in [2.45, 2.75) is 38.8 Å². The Labute approximate surface area is 161 Å². The fourth-order valence-electron chi connectivity index (χ4n) is 3.36. The van der Waals surface area contributed by atoms with Crippen LogP contribution in [0.25, 0.3) is 0 Å². The molecule has 0 radical (unpaired) electrons. The molecule has 1 N–H and O–H groups in total. The number of carbonyl (C=O) groups is 3. The van der Waals surface area contributed by atoms with E-state index in [0.29, 0.717) is 23.3 Å². The van der Waals surface area contributed by atoms with Gasteiger partial charge in [-0.3, -0.25) is 14.4 Å². The zero-order chi connectivity index (χ0) is 19.9. The first-order valence-corrected chi connectivity index (χ1v) is 9.13. The zero-order valence-corrected chi connectivity index (χ0v) is 15.6. The van der Waals surface area contributed by atoms with Crippen LogP contribution in [-0.2, 0) is 9.59 Å². The van der Waals surface area contributed by atoms with E-state index in [-0.39, 0.29) is 33.6 Å². The number of thiophene rings is 1. The number of ketones is 1. The molecule has 27 heavy (non-hydrogen) atoms. The first kappa shape index (κ1) is 19.5. The van der Waals surface area contributed by atoms with Crippen LogP contribution in [0.4, 0.5) is 8.78 Å². The fraction of sp³-hybridized carbons (Fsp3) is 0.353. The monoisotopic (exact) mass is 417 g/mol. The van der Waals surface area contributed by atoms with E-state index in [9.17, 15) is 28.3 Å². The van der Waals surface area contributed by atoms with E-state index in [2.05, 4.69) is 4.74 Å². The molecule has 1 atom stereocenters. The Kier molecular flexibility index (Phi) is 5.34. The van der Waals surface area contributed by atoms with E-state index in [1.165, 1.54) is 17.0 Å². The number of ether oxygens (including phenoxy) is 1. The molecule has 0 bridgehead atoms. The van der Waals surface area contributed by atoms with Gasteiger partial charge in [0.25, 0.3) is 5.91 Å². The quantitative estimate of drug-likeness (QED) is 0.788. The number of amides is 1. The van der Waals surface area contributed by atoms with Crippen LogP contribution in [0, 0.1) is 0 Å². The van der Waals surface area contributed by atoms with Crippen molar-refractivity contribution in [3.8, 4) is 5.06 Å². The second-order valence-corrected chi connectivity index (χ2v) is 7.44. The molecule has 0 spiro atoms. The summed E-state index contributed by atoms with van der Waals surface area (Å²) in [6.45, 7) is -1.42. The number of Topliss-reactive ketones (excluding diaryl/α,β-unsaturated/α-hetero) is 1. The number of alkyl halides is 2. The summed E-state index contributed by atoms with van der Waals surface area (Å²) in [6.07, 6.45) is 0.0616. The van der Waals surface area contributed by atoms with Gasteiger partial charge in [0.05, 0.1) is 22.4 Å². The molecule has 1 aromatic rings. The predicted octanol–water partition coefficient (Wildman–Crippen LogP) is 3.78. The molecule has 2 heterocycles. The maximum atomic E-state index is 13.0. The third kappa shape index (κ3) is 3.61. The molecule has 3 rings (SSSR count). The lowest BCUT2D eigenvalue weighted by Gasteiger charge is -2.29. The molecule has 2 aliphatic rings. The summed E-state index contributed by atoms with van der Waals surface area (Å²) in [7, 11) is 0. The van der Waals surface area contributed by atoms with E-state index in [1.807, 2.05) is 0 Å². The van der Waals surface area contributed by atoms with Crippen LogP contribution in [0.15, 0.2) is 34.0 Å². The normalized spacial score (nSPS) is 19.8. The standard InChI is InChI=1S/C17H14ClF2NO5S/c1-7-8(6-12(23)24)14-9(2-3-10(22)15(14)18)21(7)16(25)11-4-5-13(27-11)26-17(19)20/h4-5,9,17H,2-3,6H2,1H3,(H,23,24). The summed E-state index contributed by atoms with van der Waals surface area (Å²) < 4.78 is 29.0. The number of carbonyl (C=O) groups excluding carboxylic acids is 2. The average molecular weight is 418 g/mol. The summed E-state index contributed by atoms with van der Waals surface area (Å²) in [6, 6.07) is 2.08. The van der Waals surface area contributed by atoms with Crippen LogP contribution in [0.5, 0.6) is 5.06 Å². The second kappa shape index (κ2) is 7.40. The van der Waals surface area contributed by atoms with Crippen molar-refractivity contribution in [3.63, 3.8) is 0 Å². The van der Waals surface area contributed by atoms with E-state index in [0.717, 1.165) is 11.3 Å². The van der Waals surface area contributed by atoms with Crippen molar-refractivity contribution in [1.29, 1.82) is 0 Å². The number of hydrogen-bond donors (Lipinski definition) is 1. The number of hydrogen-bond acceptors (Lipinski definition) is 5. The van der Waals surface area contributed by atoms with E-state index in [1.54, 1.807) is 6.92 Å². The minimum absolute atomic E-state index is 0.0509. The summed E-state index contributed by atoms with van der Waals surface area (Å²) in [5, 5.41) is 9.03. The van der Waals surface area contributed by atoms with E-state index >= 15 is 0 Å². The lowest BCUT2D eigenvalue weighted by molar-refractivity contribution is -0.136. The molecule has 1 unspecified atom stereocenters. The molecule has 1 aliphatic carbocycles. The van der Waals surface area contributed by atoms with Crippen molar-refractivity contribution in [3.05, 3.63) is 38.9 Å². The molecule has 0 fully saturated rings. The molecular formula is C17H14ClF2NO5S. The Balaban J connectivity index is 2.00. The molecule has 144 valence electrons. The summed E-state index contributed by atoms with van der Waals surface area (Å²) >= 11 is 6.92. The molecule has 1 aromatic heterocycles. The Hall–Kier alpha value is -2.26. The van der Waals surface area contributed by atoms with Crippen molar-refractivity contribution in [1.82, 2.24) is 4.90 Å². The molecule has 0 saturated carbocycles. The summed E-state index contributed by atoms with van der Waals surface area (Å²) in [5.74, 6) is -1.89. The van der Waals surface area contributed by atoms with E-state index in [4.69, 9.17) is 11.6 Å². The highest BCUT2D eigenvalue weighted by molar-refractivity contribution is 7.15. The predicted molar refractivity (Wildman–Crippen MR) is 93.0 cm³/mol. The average Bonchev–Trinajstić information content (AvgIpc) is 3.13. The highest BCUT2D eigenvalue weighted by Crippen LogP contribution is 2.44. The molecule has 1 amide bonds. The number of halogens is 3. The van der Waals surface area contributed by atoms with Crippen molar-refractivity contribution < 1.29 is 33.0 Å². The second-order valence-electron chi connectivity index (χ2n) is 6.01. The first-order valence-electron chi connectivity index (χ1n) is 7.93. The minimum Gasteiger partial charge on any atom is -0.481 e. The largest absolute Gasteiger partial charge is 0.481 e. The number of fused-ring (bicyclic) bond motifs is 1. The number of carboxylic acid groups (broad SMARTS) is 1. The molecule has 10 heteroatoms. The third-order valence-electron chi connectivity index (χ3n) is 4.44. The van der Waals surface area contributed by atoms with Gasteiger partial charge in [-0.15, -0.1) is 0 Å². The molecule has 6 nitrogen and oxygen atoms in total. The maximum absolute atomic E-state index is 13.0. The van der Waals surface area contributed by atoms with Gasteiger partial charge in [0, 0.05) is 17.7 Å². The van der Waals surface area contributed by atoms with Gasteiger partial charge in [-0.25, -0.2) is 0 Å². The van der Waals surface area contributed by atoms with Crippen LogP contribution in [0.1, 0.15) is 35.9 Å². The maximum Gasteiger partial charge on any atom is 0.388 e. The zero-order valence-electron chi connectivity index (χ0n) is 14.0. The Morgan fingerprint density at radius 2 is 2.15 bits per heavy atom. The van der Waals surface area contributed by atoms with Gasteiger partial charge in [0.15, 0.2) is 10.8 Å². The lowest BCUT2D eigenvalue weighted by Crippen LogP contribution is -2.38. The lowest BCUT2D eigenvalue weighted by atomic mass is 9.89. The van der Waals surface area contributed by atoms with Crippen molar-refractivity contribution in [2.24, 2.45) is 0 Å². The Morgan fingerprint density at radius 1 is 1.44 bits per heavy atom. The fourth-order valence-corrected chi connectivity index (χ4v) is 4.49. The number of nitrogens with zero attached hydrogens (tertiary/aromatic N) is 1. The smallest absolute Gasteiger partial charge is 0.388 e. The highest BCUT2D eigenvalue weighted by Gasteiger charge is 2.43. The summed E-state index contributed by atoms with van der Waals surface area (Å²) in [4.78, 5) is 37.8. The number of rotatable bonds is 5. The van der Waals surface area contributed by atoms with Gasteiger partial charge >= 0.3 is 12.6 Å². The van der Waals surface area contributed by atoms with Gasteiger partial charge in [-0.1, -0.05) is 22.9 Å².